The van der Waals surface area contributed by atoms with E-state index in [1.165, 1.54) is 32.1 Å². The number of nitriles is 1. The van der Waals surface area contributed by atoms with Crippen LogP contribution in [0.15, 0.2) is 0 Å². The topological polar surface area (TPSA) is 39.1 Å². The molecule has 0 spiro atoms. The van der Waals surface area contributed by atoms with Gasteiger partial charge in [-0.3, -0.25) is 0 Å². The third kappa shape index (κ3) is 4.19. The van der Waals surface area contributed by atoms with E-state index in [2.05, 4.69) is 23.3 Å². The maximum absolute atomic E-state index is 8.82. The van der Waals surface area contributed by atoms with Crippen molar-refractivity contribution in [3.63, 3.8) is 0 Å². The highest BCUT2D eigenvalue weighted by atomic mass is 15.1. The van der Waals surface area contributed by atoms with Crippen LogP contribution >= 0.6 is 0 Å². The first-order valence-electron chi connectivity index (χ1n) is 6.05. The highest BCUT2D eigenvalue weighted by Crippen LogP contribution is 2.21. The first-order valence-corrected chi connectivity index (χ1v) is 6.05. The average Bonchev–Trinajstić information content (AvgIpc) is 2.31. The van der Waals surface area contributed by atoms with Gasteiger partial charge in [-0.2, -0.15) is 5.26 Å². The van der Waals surface area contributed by atoms with Crippen molar-refractivity contribution in [1.29, 1.82) is 5.26 Å². The van der Waals surface area contributed by atoms with Gasteiger partial charge >= 0.3 is 0 Å². The molecule has 0 bridgehead atoms. The maximum atomic E-state index is 8.82. The maximum Gasteiger partial charge on any atom is 0.0962 e. The Hall–Kier alpha value is -0.590. The highest BCUT2D eigenvalue weighted by molar-refractivity contribution is 4.89. The van der Waals surface area contributed by atoms with Gasteiger partial charge < -0.3 is 10.2 Å². The predicted molar refractivity (Wildman–Crippen MR) is 62.6 cm³/mol. The van der Waals surface area contributed by atoms with Gasteiger partial charge in [0.25, 0.3) is 0 Å². The van der Waals surface area contributed by atoms with Crippen molar-refractivity contribution in [3.05, 3.63) is 0 Å². The second kappa shape index (κ2) is 6.81. The Bertz CT molecular complexity index is 203. The number of rotatable bonds is 5. The number of hydrogen-bond acceptors (Lipinski definition) is 3. The molecule has 0 radical (unpaired) electrons. The molecular formula is C12H23N3. The molecule has 1 aliphatic rings. The van der Waals surface area contributed by atoms with Gasteiger partial charge in [0, 0.05) is 12.6 Å². The lowest BCUT2D eigenvalue weighted by atomic mass is 9.94. The summed E-state index contributed by atoms with van der Waals surface area (Å²) in [6.07, 6.45) is 7.77. The molecule has 0 saturated heterocycles. The lowest BCUT2D eigenvalue weighted by Gasteiger charge is -2.31. The van der Waals surface area contributed by atoms with Crippen molar-refractivity contribution >= 4 is 0 Å². The zero-order valence-electron chi connectivity index (χ0n) is 10.00. The van der Waals surface area contributed by atoms with E-state index in [9.17, 15) is 0 Å². The molecule has 0 aromatic rings. The fourth-order valence-electron chi connectivity index (χ4n) is 2.31. The second-order valence-corrected chi connectivity index (χ2v) is 4.53. The zero-order chi connectivity index (χ0) is 11.1. The number of nitrogens with zero attached hydrogens (tertiary/aromatic N) is 2. The molecule has 0 aliphatic heterocycles. The average molecular weight is 209 g/mol. The fourth-order valence-corrected chi connectivity index (χ4v) is 2.31. The smallest absolute Gasteiger partial charge is 0.0962 e. The SMILES string of the molecule is CNC(C#N)CCN(C)C1CCCCC1. The summed E-state index contributed by atoms with van der Waals surface area (Å²) in [6.45, 7) is 1.03. The van der Waals surface area contributed by atoms with Crippen molar-refractivity contribution in [2.24, 2.45) is 0 Å². The summed E-state index contributed by atoms with van der Waals surface area (Å²) in [4.78, 5) is 2.43. The molecule has 0 aromatic heterocycles. The molecular weight excluding hydrogens is 186 g/mol. The van der Waals surface area contributed by atoms with Crippen LogP contribution in [0.5, 0.6) is 0 Å². The normalized spacial score (nSPS) is 20.1. The van der Waals surface area contributed by atoms with Gasteiger partial charge in [-0.25, -0.2) is 0 Å². The van der Waals surface area contributed by atoms with E-state index in [0.29, 0.717) is 0 Å². The molecule has 1 unspecified atom stereocenters. The van der Waals surface area contributed by atoms with E-state index in [-0.39, 0.29) is 6.04 Å². The van der Waals surface area contributed by atoms with Crippen molar-refractivity contribution in [2.45, 2.75) is 50.6 Å². The van der Waals surface area contributed by atoms with Crippen LogP contribution in [-0.4, -0.2) is 37.6 Å². The van der Waals surface area contributed by atoms with Crippen LogP contribution in [-0.2, 0) is 0 Å². The predicted octanol–water partition coefficient (Wildman–Crippen LogP) is 1.75. The summed E-state index contributed by atoms with van der Waals surface area (Å²) in [5.74, 6) is 0. The molecule has 0 amide bonds. The zero-order valence-corrected chi connectivity index (χ0v) is 10.00. The minimum absolute atomic E-state index is 0.0102. The van der Waals surface area contributed by atoms with E-state index in [1.54, 1.807) is 0 Å². The van der Waals surface area contributed by atoms with E-state index >= 15 is 0 Å². The van der Waals surface area contributed by atoms with Crippen molar-refractivity contribution in [2.75, 3.05) is 20.6 Å². The largest absolute Gasteiger partial charge is 0.305 e. The molecule has 15 heavy (non-hydrogen) atoms. The molecule has 1 aliphatic carbocycles. The minimum Gasteiger partial charge on any atom is -0.305 e. The van der Waals surface area contributed by atoms with Gasteiger partial charge in [-0.1, -0.05) is 19.3 Å². The Morgan fingerprint density at radius 1 is 1.40 bits per heavy atom. The van der Waals surface area contributed by atoms with E-state index in [1.807, 2.05) is 7.05 Å². The summed E-state index contributed by atoms with van der Waals surface area (Å²) in [5.41, 5.74) is 0. The Labute approximate surface area is 93.5 Å². The third-order valence-corrected chi connectivity index (χ3v) is 3.47. The monoisotopic (exact) mass is 209 g/mol. The van der Waals surface area contributed by atoms with Crippen molar-refractivity contribution in [1.82, 2.24) is 10.2 Å². The van der Waals surface area contributed by atoms with Gasteiger partial charge in [-0.15, -0.1) is 0 Å². The van der Waals surface area contributed by atoms with Gasteiger partial charge in [-0.05, 0) is 33.4 Å². The second-order valence-electron chi connectivity index (χ2n) is 4.53. The molecule has 1 N–H and O–H groups in total. The lowest BCUT2D eigenvalue weighted by molar-refractivity contribution is 0.187. The highest BCUT2D eigenvalue weighted by Gasteiger charge is 2.18. The van der Waals surface area contributed by atoms with Gasteiger partial charge in [0.15, 0.2) is 0 Å². The molecule has 1 fully saturated rings. The summed E-state index contributed by atoms with van der Waals surface area (Å²) < 4.78 is 0. The Morgan fingerprint density at radius 3 is 2.60 bits per heavy atom. The molecule has 1 rings (SSSR count). The van der Waals surface area contributed by atoms with Crippen LogP contribution in [0.4, 0.5) is 0 Å². The summed E-state index contributed by atoms with van der Waals surface area (Å²) in [6, 6.07) is 3.04. The molecule has 3 heteroatoms. The van der Waals surface area contributed by atoms with E-state index in [4.69, 9.17) is 5.26 Å². The molecule has 0 heterocycles. The quantitative estimate of drug-likeness (QED) is 0.750. The fraction of sp³-hybridized carbons (Fsp3) is 0.917. The Kier molecular flexibility index (Phi) is 5.67. The van der Waals surface area contributed by atoms with Crippen molar-refractivity contribution < 1.29 is 0 Å². The molecule has 3 nitrogen and oxygen atoms in total. The molecule has 86 valence electrons. The van der Waals surface area contributed by atoms with Crippen LogP contribution in [0.25, 0.3) is 0 Å². The summed E-state index contributed by atoms with van der Waals surface area (Å²) >= 11 is 0. The Morgan fingerprint density at radius 2 is 2.07 bits per heavy atom. The first-order chi connectivity index (χ1) is 7.27. The minimum atomic E-state index is 0.0102. The molecule has 0 aromatic carbocycles. The van der Waals surface area contributed by atoms with Gasteiger partial charge in [0.05, 0.1) is 12.1 Å². The first kappa shape index (κ1) is 12.5. The van der Waals surface area contributed by atoms with Crippen molar-refractivity contribution in [3.8, 4) is 6.07 Å². The van der Waals surface area contributed by atoms with Crippen LogP contribution in [0, 0.1) is 11.3 Å². The summed E-state index contributed by atoms with van der Waals surface area (Å²) in [5, 5.41) is 11.8. The lowest BCUT2D eigenvalue weighted by Crippen LogP contribution is -2.37. The van der Waals surface area contributed by atoms with Crippen LogP contribution < -0.4 is 5.32 Å². The summed E-state index contributed by atoms with van der Waals surface area (Å²) in [7, 11) is 4.05. The molecule has 1 atom stereocenters. The van der Waals surface area contributed by atoms with Crippen LogP contribution in [0.1, 0.15) is 38.5 Å². The van der Waals surface area contributed by atoms with Crippen LogP contribution in [0.2, 0.25) is 0 Å². The van der Waals surface area contributed by atoms with E-state index in [0.717, 1.165) is 19.0 Å². The number of hydrogen-bond donors (Lipinski definition) is 1. The third-order valence-electron chi connectivity index (χ3n) is 3.47. The number of nitrogens with one attached hydrogen (secondary N) is 1. The van der Waals surface area contributed by atoms with Crippen LogP contribution in [0.3, 0.4) is 0 Å². The van der Waals surface area contributed by atoms with Gasteiger partial charge in [0.1, 0.15) is 0 Å². The Balaban J connectivity index is 2.22. The van der Waals surface area contributed by atoms with E-state index < -0.39 is 0 Å². The standard InChI is InChI=1S/C12H23N3/c1-14-11(10-13)8-9-15(2)12-6-4-3-5-7-12/h11-12,14H,3-9H2,1-2H3. The van der Waals surface area contributed by atoms with Gasteiger partial charge in [0.2, 0.25) is 0 Å². The molecule has 1 saturated carbocycles.